The van der Waals surface area contributed by atoms with E-state index in [-0.39, 0.29) is 25.5 Å². The standard InChI is InChI=1S/C17H20F2N4OS/c18-17(19)5-3-11(4-6-17)20-14-7-12(8-24)21-15(23-14)16-22-13(9-25-16)10-1-2-10/h7,9-11,24H,1-6,8H2,(H,20,21,23). The third kappa shape index (κ3) is 3.95. The van der Waals surface area contributed by atoms with Gasteiger partial charge in [-0.05, 0) is 25.7 Å². The van der Waals surface area contributed by atoms with E-state index in [1.807, 2.05) is 5.38 Å². The second-order valence-corrected chi connectivity index (χ2v) is 7.71. The zero-order valence-electron chi connectivity index (χ0n) is 13.7. The van der Waals surface area contributed by atoms with Gasteiger partial charge in [0.25, 0.3) is 0 Å². The first-order valence-corrected chi connectivity index (χ1v) is 9.49. The van der Waals surface area contributed by atoms with Crippen molar-refractivity contribution in [2.75, 3.05) is 5.32 Å². The van der Waals surface area contributed by atoms with Crippen LogP contribution in [0.1, 0.15) is 55.8 Å². The van der Waals surface area contributed by atoms with Gasteiger partial charge in [0, 0.05) is 36.2 Å². The first-order valence-electron chi connectivity index (χ1n) is 8.61. The van der Waals surface area contributed by atoms with Gasteiger partial charge in [0.05, 0.1) is 18.0 Å². The number of hydrogen-bond acceptors (Lipinski definition) is 6. The van der Waals surface area contributed by atoms with Crippen LogP contribution in [0.2, 0.25) is 0 Å². The normalized spacial score (nSPS) is 20.6. The predicted octanol–water partition coefficient (Wildman–Crippen LogP) is 3.96. The largest absolute Gasteiger partial charge is 0.390 e. The van der Waals surface area contributed by atoms with E-state index in [2.05, 4.69) is 20.3 Å². The van der Waals surface area contributed by atoms with Crippen molar-refractivity contribution in [3.8, 4) is 10.8 Å². The average molecular weight is 366 g/mol. The number of alkyl halides is 2. The quantitative estimate of drug-likeness (QED) is 0.838. The fraction of sp³-hybridized carbons (Fsp3) is 0.588. The summed E-state index contributed by atoms with van der Waals surface area (Å²) >= 11 is 1.50. The molecule has 134 valence electrons. The van der Waals surface area contributed by atoms with Crippen LogP contribution in [0.4, 0.5) is 14.6 Å². The van der Waals surface area contributed by atoms with Crippen LogP contribution in [0.5, 0.6) is 0 Å². The Hall–Kier alpha value is -1.67. The van der Waals surface area contributed by atoms with E-state index >= 15 is 0 Å². The molecule has 0 bridgehead atoms. The lowest BCUT2D eigenvalue weighted by Gasteiger charge is -2.29. The minimum absolute atomic E-state index is 0.0350. The number of rotatable bonds is 5. The summed E-state index contributed by atoms with van der Waals surface area (Å²) < 4.78 is 26.6. The van der Waals surface area contributed by atoms with Crippen LogP contribution in [0.25, 0.3) is 10.8 Å². The van der Waals surface area contributed by atoms with Crippen molar-refractivity contribution in [1.29, 1.82) is 0 Å². The molecule has 25 heavy (non-hydrogen) atoms. The molecule has 2 aliphatic carbocycles. The molecule has 0 amide bonds. The Morgan fingerprint density at radius 3 is 2.60 bits per heavy atom. The number of nitrogens with zero attached hydrogens (tertiary/aromatic N) is 3. The number of thiazole rings is 1. The summed E-state index contributed by atoms with van der Waals surface area (Å²) in [5.41, 5.74) is 1.58. The number of nitrogens with one attached hydrogen (secondary N) is 1. The van der Waals surface area contributed by atoms with Gasteiger partial charge in [-0.15, -0.1) is 11.3 Å². The smallest absolute Gasteiger partial charge is 0.248 e. The van der Waals surface area contributed by atoms with E-state index in [4.69, 9.17) is 0 Å². The lowest BCUT2D eigenvalue weighted by atomic mass is 9.92. The predicted molar refractivity (Wildman–Crippen MR) is 91.9 cm³/mol. The summed E-state index contributed by atoms with van der Waals surface area (Å²) in [6.07, 6.45) is 2.97. The first-order chi connectivity index (χ1) is 12.0. The lowest BCUT2D eigenvalue weighted by Crippen LogP contribution is -2.32. The van der Waals surface area contributed by atoms with Gasteiger partial charge in [-0.1, -0.05) is 0 Å². The molecule has 0 saturated heterocycles. The van der Waals surface area contributed by atoms with Crippen LogP contribution < -0.4 is 5.32 Å². The van der Waals surface area contributed by atoms with Crippen LogP contribution in [-0.2, 0) is 6.61 Å². The third-order valence-electron chi connectivity index (χ3n) is 4.72. The van der Waals surface area contributed by atoms with Gasteiger partial charge in [0.2, 0.25) is 5.92 Å². The molecule has 0 atom stereocenters. The van der Waals surface area contributed by atoms with Crippen molar-refractivity contribution < 1.29 is 13.9 Å². The molecule has 2 aliphatic rings. The fourth-order valence-corrected chi connectivity index (χ4v) is 3.93. The van der Waals surface area contributed by atoms with E-state index in [9.17, 15) is 13.9 Å². The molecule has 2 aromatic heterocycles. The molecular formula is C17H20F2N4OS. The highest BCUT2D eigenvalue weighted by Crippen LogP contribution is 2.41. The van der Waals surface area contributed by atoms with Gasteiger partial charge < -0.3 is 10.4 Å². The van der Waals surface area contributed by atoms with Crippen molar-refractivity contribution >= 4 is 17.2 Å². The van der Waals surface area contributed by atoms with Gasteiger partial charge in [-0.25, -0.2) is 23.7 Å². The second-order valence-electron chi connectivity index (χ2n) is 6.85. The average Bonchev–Trinajstić information content (AvgIpc) is 3.33. The third-order valence-corrected chi connectivity index (χ3v) is 5.58. The Labute approximate surface area is 148 Å². The summed E-state index contributed by atoms with van der Waals surface area (Å²) in [4.78, 5) is 13.5. The summed E-state index contributed by atoms with van der Waals surface area (Å²) in [7, 11) is 0. The topological polar surface area (TPSA) is 70.9 Å². The molecule has 0 unspecified atom stereocenters. The van der Waals surface area contributed by atoms with Crippen molar-refractivity contribution in [2.24, 2.45) is 0 Å². The lowest BCUT2D eigenvalue weighted by molar-refractivity contribution is -0.0361. The molecule has 2 N–H and O–H groups in total. The first kappa shape index (κ1) is 16.8. The Bertz CT molecular complexity index is 753. The summed E-state index contributed by atoms with van der Waals surface area (Å²) in [5.74, 6) is -0.946. The van der Waals surface area contributed by atoms with Crippen LogP contribution in [0, 0.1) is 0 Å². The molecule has 0 radical (unpaired) electrons. The Balaban J connectivity index is 1.53. The van der Waals surface area contributed by atoms with Crippen molar-refractivity contribution in [2.45, 2.75) is 63.0 Å². The summed E-state index contributed by atoms with van der Waals surface area (Å²) in [6, 6.07) is 1.64. The highest BCUT2D eigenvalue weighted by molar-refractivity contribution is 7.13. The zero-order chi connectivity index (χ0) is 17.4. The maximum atomic E-state index is 13.3. The number of halogens is 2. The van der Waals surface area contributed by atoms with Gasteiger partial charge in [0.15, 0.2) is 10.8 Å². The second kappa shape index (κ2) is 6.57. The number of aromatic nitrogens is 3. The Kier molecular flexibility index (Phi) is 4.41. The molecule has 2 heterocycles. The number of aliphatic hydroxyl groups is 1. The molecule has 5 nitrogen and oxygen atoms in total. The minimum atomic E-state index is -2.55. The number of hydrogen-bond donors (Lipinski definition) is 2. The molecule has 2 fully saturated rings. The zero-order valence-corrected chi connectivity index (χ0v) is 14.5. The van der Waals surface area contributed by atoms with E-state index in [1.54, 1.807) is 6.07 Å². The van der Waals surface area contributed by atoms with Crippen LogP contribution in [-0.4, -0.2) is 32.0 Å². The summed E-state index contributed by atoms with van der Waals surface area (Å²) in [5, 5.41) is 15.5. The highest BCUT2D eigenvalue weighted by Gasteiger charge is 2.35. The van der Waals surface area contributed by atoms with Crippen molar-refractivity contribution in [1.82, 2.24) is 15.0 Å². The maximum Gasteiger partial charge on any atom is 0.248 e. The van der Waals surface area contributed by atoms with Crippen LogP contribution in [0.15, 0.2) is 11.4 Å². The van der Waals surface area contributed by atoms with Gasteiger partial charge >= 0.3 is 0 Å². The Morgan fingerprint density at radius 1 is 1.16 bits per heavy atom. The molecule has 4 rings (SSSR count). The molecule has 0 aromatic carbocycles. The van der Waals surface area contributed by atoms with E-state index < -0.39 is 5.92 Å². The number of aliphatic hydroxyl groups excluding tert-OH is 1. The minimum Gasteiger partial charge on any atom is -0.390 e. The highest BCUT2D eigenvalue weighted by atomic mass is 32.1. The fourth-order valence-electron chi connectivity index (χ4n) is 3.10. The SMILES string of the molecule is OCc1cc(NC2CCC(F)(F)CC2)nc(-c2nc(C3CC3)cs2)n1. The molecule has 8 heteroatoms. The summed E-state index contributed by atoms with van der Waals surface area (Å²) in [6.45, 7) is -0.201. The number of anilines is 1. The van der Waals surface area contributed by atoms with Gasteiger partial charge in [-0.2, -0.15) is 0 Å². The van der Waals surface area contributed by atoms with Crippen LogP contribution in [0.3, 0.4) is 0 Å². The molecule has 2 aromatic rings. The molecule has 0 spiro atoms. The molecular weight excluding hydrogens is 346 g/mol. The Morgan fingerprint density at radius 2 is 1.92 bits per heavy atom. The monoisotopic (exact) mass is 366 g/mol. The van der Waals surface area contributed by atoms with Gasteiger partial charge in [0.1, 0.15) is 5.82 Å². The maximum absolute atomic E-state index is 13.3. The molecule has 2 saturated carbocycles. The van der Waals surface area contributed by atoms with Crippen molar-refractivity contribution in [3.63, 3.8) is 0 Å². The van der Waals surface area contributed by atoms with E-state index in [0.717, 1.165) is 10.7 Å². The molecule has 0 aliphatic heterocycles. The van der Waals surface area contributed by atoms with E-state index in [1.165, 1.54) is 24.2 Å². The van der Waals surface area contributed by atoms with Gasteiger partial charge in [-0.3, -0.25) is 0 Å². The van der Waals surface area contributed by atoms with E-state index in [0.29, 0.717) is 36.1 Å². The van der Waals surface area contributed by atoms with Crippen LogP contribution >= 0.6 is 11.3 Å². The van der Waals surface area contributed by atoms with Crippen molar-refractivity contribution in [3.05, 3.63) is 22.8 Å².